The first-order valence-electron chi connectivity index (χ1n) is 6.46. The highest BCUT2D eigenvalue weighted by molar-refractivity contribution is 5.37. The van der Waals surface area contributed by atoms with E-state index in [0.29, 0.717) is 24.7 Å². The van der Waals surface area contributed by atoms with Gasteiger partial charge in [-0.05, 0) is 24.3 Å². The van der Waals surface area contributed by atoms with Gasteiger partial charge < -0.3 is 10.5 Å². The summed E-state index contributed by atoms with van der Waals surface area (Å²) in [6.07, 6.45) is 0. The van der Waals surface area contributed by atoms with Crippen molar-refractivity contribution in [2.75, 3.05) is 12.3 Å². The van der Waals surface area contributed by atoms with Crippen LogP contribution in [0.5, 0.6) is 5.75 Å². The fourth-order valence-electron chi connectivity index (χ4n) is 2.04. The Bertz CT molecular complexity index is 572. The number of anilines is 1. The van der Waals surface area contributed by atoms with Gasteiger partial charge in [0.15, 0.2) is 5.82 Å². The number of hydrogen-bond donors (Lipinski definition) is 1. The lowest BCUT2D eigenvalue weighted by Gasteiger charge is -2.20. The van der Waals surface area contributed by atoms with E-state index < -0.39 is 0 Å². The number of ether oxygens (including phenoxy) is 1. The molecule has 0 radical (unpaired) electrons. The Kier molecular flexibility index (Phi) is 3.92. The molecule has 1 aromatic heterocycles. The number of benzene rings is 1. The number of nitrogens with two attached hydrogens (primary N) is 1. The van der Waals surface area contributed by atoms with Gasteiger partial charge in [-0.15, -0.1) is 5.10 Å². The minimum absolute atomic E-state index is 0.135. The molecular weight excluding hydrogens is 259 g/mol. The third-order valence-electron chi connectivity index (χ3n) is 2.86. The second-order valence-electron chi connectivity index (χ2n) is 5.60. The van der Waals surface area contributed by atoms with Gasteiger partial charge in [0.1, 0.15) is 18.2 Å². The van der Waals surface area contributed by atoms with Crippen LogP contribution in [0.3, 0.4) is 0 Å². The predicted molar refractivity (Wildman–Crippen MR) is 75.0 cm³/mol. The maximum absolute atomic E-state index is 12.8. The van der Waals surface area contributed by atoms with Crippen LogP contribution in [-0.2, 0) is 12.0 Å². The molecule has 0 aliphatic carbocycles. The monoisotopic (exact) mass is 278 g/mol. The Morgan fingerprint density at radius 1 is 1.25 bits per heavy atom. The molecule has 108 valence electrons. The Labute approximate surface area is 117 Å². The van der Waals surface area contributed by atoms with Gasteiger partial charge in [-0.1, -0.05) is 26.0 Å². The van der Waals surface area contributed by atoms with Gasteiger partial charge in [-0.2, -0.15) is 0 Å². The standard InChI is InChI=1S/C14H19FN4O/c1-14(2,3)12-13(16)17-18-19(12)8-9-20-11-6-4-10(15)5-7-11/h4-7H,8-9,16H2,1-3H3. The topological polar surface area (TPSA) is 66.0 Å². The van der Waals surface area contributed by atoms with Crippen LogP contribution in [0.4, 0.5) is 10.2 Å². The van der Waals surface area contributed by atoms with Crippen molar-refractivity contribution in [2.24, 2.45) is 0 Å². The summed E-state index contributed by atoms with van der Waals surface area (Å²) in [7, 11) is 0. The van der Waals surface area contributed by atoms with Gasteiger partial charge in [0.2, 0.25) is 0 Å². The zero-order valence-corrected chi connectivity index (χ0v) is 11.9. The molecular formula is C14H19FN4O. The maximum atomic E-state index is 12.8. The van der Waals surface area contributed by atoms with Crippen molar-refractivity contribution < 1.29 is 9.13 Å². The minimum atomic E-state index is -0.281. The lowest BCUT2D eigenvalue weighted by atomic mass is 9.92. The molecule has 0 amide bonds. The molecule has 5 nitrogen and oxygen atoms in total. The summed E-state index contributed by atoms with van der Waals surface area (Å²) < 4.78 is 20.1. The van der Waals surface area contributed by atoms with Crippen molar-refractivity contribution in [3.63, 3.8) is 0 Å². The summed E-state index contributed by atoms with van der Waals surface area (Å²) in [5.41, 5.74) is 6.60. The lowest BCUT2D eigenvalue weighted by molar-refractivity contribution is 0.283. The molecule has 0 spiro atoms. The zero-order chi connectivity index (χ0) is 14.8. The van der Waals surface area contributed by atoms with Crippen molar-refractivity contribution >= 4 is 5.82 Å². The summed E-state index contributed by atoms with van der Waals surface area (Å²) >= 11 is 0. The van der Waals surface area contributed by atoms with Gasteiger partial charge in [0, 0.05) is 5.41 Å². The number of halogens is 1. The Balaban J connectivity index is 2.00. The molecule has 0 atom stereocenters. The summed E-state index contributed by atoms with van der Waals surface area (Å²) in [4.78, 5) is 0. The van der Waals surface area contributed by atoms with E-state index in [2.05, 4.69) is 31.1 Å². The molecule has 2 aromatic rings. The highest BCUT2D eigenvalue weighted by atomic mass is 19.1. The second kappa shape index (κ2) is 5.48. The quantitative estimate of drug-likeness (QED) is 0.932. The van der Waals surface area contributed by atoms with E-state index in [0.717, 1.165) is 5.69 Å². The molecule has 0 saturated heterocycles. The van der Waals surface area contributed by atoms with Crippen LogP contribution in [0.2, 0.25) is 0 Å². The van der Waals surface area contributed by atoms with Gasteiger partial charge in [-0.3, -0.25) is 0 Å². The van der Waals surface area contributed by atoms with Gasteiger partial charge in [0.25, 0.3) is 0 Å². The minimum Gasteiger partial charge on any atom is -0.492 e. The molecule has 1 heterocycles. The molecule has 0 unspecified atom stereocenters. The summed E-state index contributed by atoms with van der Waals surface area (Å²) in [5, 5.41) is 7.94. The maximum Gasteiger partial charge on any atom is 0.169 e. The first kappa shape index (κ1) is 14.3. The number of nitrogen functional groups attached to an aromatic ring is 1. The normalized spacial score (nSPS) is 11.6. The van der Waals surface area contributed by atoms with Crippen molar-refractivity contribution in [1.82, 2.24) is 15.0 Å². The van der Waals surface area contributed by atoms with E-state index in [4.69, 9.17) is 10.5 Å². The van der Waals surface area contributed by atoms with Crippen LogP contribution >= 0.6 is 0 Å². The van der Waals surface area contributed by atoms with Crippen LogP contribution in [0.1, 0.15) is 26.5 Å². The second-order valence-corrected chi connectivity index (χ2v) is 5.60. The highest BCUT2D eigenvalue weighted by Gasteiger charge is 2.23. The third-order valence-corrected chi connectivity index (χ3v) is 2.86. The van der Waals surface area contributed by atoms with Crippen molar-refractivity contribution in [3.05, 3.63) is 35.8 Å². The number of aromatic nitrogens is 3. The van der Waals surface area contributed by atoms with Crippen molar-refractivity contribution in [3.8, 4) is 5.75 Å². The molecule has 2 N–H and O–H groups in total. The van der Waals surface area contributed by atoms with Crippen LogP contribution in [0.15, 0.2) is 24.3 Å². The average Bonchev–Trinajstić information content (AvgIpc) is 2.73. The van der Waals surface area contributed by atoms with E-state index in [9.17, 15) is 4.39 Å². The SMILES string of the molecule is CC(C)(C)c1c(N)nnn1CCOc1ccc(F)cc1. The van der Waals surface area contributed by atoms with Gasteiger partial charge >= 0.3 is 0 Å². The van der Waals surface area contributed by atoms with Gasteiger partial charge in [-0.25, -0.2) is 9.07 Å². The first-order chi connectivity index (χ1) is 9.38. The summed E-state index contributed by atoms with van der Waals surface area (Å²) in [6, 6.07) is 5.91. The fraction of sp³-hybridized carbons (Fsp3) is 0.429. The molecule has 1 aromatic carbocycles. The molecule has 0 aliphatic heterocycles. The average molecular weight is 278 g/mol. The predicted octanol–water partition coefficient (Wildman–Crippen LogP) is 2.38. The molecule has 6 heteroatoms. The van der Waals surface area contributed by atoms with Gasteiger partial charge in [0.05, 0.1) is 12.2 Å². The van der Waals surface area contributed by atoms with E-state index in [1.807, 2.05) is 0 Å². The fourth-order valence-corrected chi connectivity index (χ4v) is 2.04. The number of nitrogens with zero attached hydrogens (tertiary/aromatic N) is 3. The van der Waals surface area contributed by atoms with E-state index in [1.54, 1.807) is 16.8 Å². The number of rotatable bonds is 4. The largest absolute Gasteiger partial charge is 0.492 e. The molecule has 0 saturated carbocycles. The summed E-state index contributed by atoms with van der Waals surface area (Å²) in [6.45, 7) is 7.11. The molecule has 0 fully saturated rings. The molecule has 0 bridgehead atoms. The van der Waals surface area contributed by atoms with Crippen LogP contribution in [-0.4, -0.2) is 21.6 Å². The van der Waals surface area contributed by atoms with E-state index in [-0.39, 0.29) is 11.2 Å². The Morgan fingerprint density at radius 2 is 1.90 bits per heavy atom. The van der Waals surface area contributed by atoms with Crippen molar-refractivity contribution in [1.29, 1.82) is 0 Å². The van der Waals surface area contributed by atoms with E-state index in [1.165, 1.54) is 12.1 Å². The first-order valence-corrected chi connectivity index (χ1v) is 6.46. The van der Waals surface area contributed by atoms with Crippen molar-refractivity contribution in [2.45, 2.75) is 32.7 Å². The third kappa shape index (κ3) is 3.26. The Hall–Kier alpha value is -2.11. The zero-order valence-electron chi connectivity index (χ0n) is 11.9. The van der Waals surface area contributed by atoms with Crippen LogP contribution < -0.4 is 10.5 Å². The number of hydrogen-bond acceptors (Lipinski definition) is 4. The smallest absolute Gasteiger partial charge is 0.169 e. The lowest BCUT2D eigenvalue weighted by Crippen LogP contribution is -2.22. The van der Waals surface area contributed by atoms with E-state index >= 15 is 0 Å². The van der Waals surface area contributed by atoms with Crippen LogP contribution in [0.25, 0.3) is 0 Å². The molecule has 0 aliphatic rings. The van der Waals surface area contributed by atoms with Crippen LogP contribution in [0, 0.1) is 5.82 Å². The summed E-state index contributed by atoms with van der Waals surface area (Å²) in [5.74, 6) is 0.785. The molecule has 2 rings (SSSR count). The molecule has 20 heavy (non-hydrogen) atoms. The highest BCUT2D eigenvalue weighted by Crippen LogP contribution is 2.25. The Morgan fingerprint density at radius 3 is 2.50 bits per heavy atom.